The molecule has 4 aromatic rings. The first kappa shape index (κ1) is 21.4. The van der Waals surface area contributed by atoms with Gasteiger partial charge in [0.1, 0.15) is 11.3 Å². The van der Waals surface area contributed by atoms with Gasteiger partial charge in [0.2, 0.25) is 5.95 Å². The van der Waals surface area contributed by atoms with Crippen LogP contribution in [0, 0.1) is 6.92 Å². The lowest BCUT2D eigenvalue weighted by molar-refractivity contribution is 0.122. The molecule has 10 heteroatoms. The van der Waals surface area contributed by atoms with Crippen LogP contribution in [0.5, 0.6) is 0 Å². The van der Waals surface area contributed by atoms with Gasteiger partial charge >= 0.3 is 0 Å². The molecule has 0 spiro atoms. The molecule has 2 aliphatic rings. The van der Waals surface area contributed by atoms with E-state index in [0.717, 1.165) is 64.5 Å². The lowest BCUT2D eigenvalue weighted by Gasteiger charge is -2.27. The zero-order valence-corrected chi connectivity index (χ0v) is 19.6. The van der Waals surface area contributed by atoms with Crippen molar-refractivity contribution < 1.29 is 4.74 Å². The Morgan fingerprint density at radius 3 is 2.60 bits per heavy atom. The van der Waals surface area contributed by atoms with E-state index in [0.29, 0.717) is 25.0 Å². The summed E-state index contributed by atoms with van der Waals surface area (Å²) in [6.45, 7) is 4.79. The van der Waals surface area contributed by atoms with E-state index in [1.807, 2.05) is 61.4 Å². The monoisotopic (exact) mass is 467 g/mol. The summed E-state index contributed by atoms with van der Waals surface area (Å²) < 4.78 is 7.38. The predicted molar refractivity (Wildman–Crippen MR) is 137 cm³/mol. The number of benzene rings is 1. The Kier molecular flexibility index (Phi) is 5.42. The van der Waals surface area contributed by atoms with Crippen LogP contribution in [0.3, 0.4) is 0 Å². The maximum atomic E-state index is 5.53. The van der Waals surface area contributed by atoms with Gasteiger partial charge in [-0.25, -0.2) is 4.98 Å². The average molecular weight is 468 g/mol. The van der Waals surface area contributed by atoms with Crippen molar-refractivity contribution in [2.24, 2.45) is 17.3 Å². The molecule has 0 aliphatic carbocycles. The Hall–Kier alpha value is -4.18. The maximum Gasteiger partial charge on any atom is 0.228 e. The van der Waals surface area contributed by atoms with Crippen LogP contribution in [-0.2, 0) is 11.8 Å². The van der Waals surface area contributed by atoms with Gasteiger partial charge in [-0.1, -0.05) is 12.1 Å². The number of hydrogen-bond donors (Lipinski definition) is 1. The number of morpholine rings is 1. The van der Waals surface area contributed by atoms with E-state index < -0.39 is 0 Å². The minimum atomic E-state index is 0.660. The van der Waals surface area contributed by atoms with Gasteiger partial charge in [0.05, 0.1) is 35.8 Å². The molecule has 1 N–H and O–H groups in total. The van der Waals surface area contributed by atoms with Crippen LogP contribution in [0.25, 0.3) is 22.3 Å². The summed E-state index contributed by atoms with van der Waals surface area (Å²) in [6.07, 6.45) is 4.43. The highest BCUT2D eigenvalue weighted by Crippen LogP contribution is 2.28. The van der Waals surface area contributed by atoms with Gasteiger partial charge in [0.15, 0.2) is 0 Å². The topological polar surface area (TPSA) is 106 Å². The van der Waals surface area contributed by atoms with E-state index >= 15 is 0 Å². The molecule has 5 heterocycles. The summed E-state index contributed by atoms with van der Waals surface area (Å²) in [5.41, 5.74) is 7.46. The van der Waals surface area contributed by atoms with E-state index in [4.69, 9.17) is 14.7 Å². The number of anilines is 3. The second-order valence-corrected chi connectivity index (χ2v) is 8.59. The van der Waals surface area contributed by atoms with Crippen molar-refractivity contribution in [3.05, 3.63) is 53.9 Å². The third-order valence-electron chi connectivity index (χ3n) is 6.20. The largest absolute Gasteiger partial charge is 0.378 e. The highest BCUT2D eigenvalue weighted by molar-refractivity contribution is 6.09. The molecule has 35 heavy (non-hydrogen) atoms. The fraction of sp³-hybridized carbons (Fsp3) is 0.280. The van der Waals surface area contributed by atoms with Crippen molar-refractivity contribution in [3.8, 4) is 11.3 Å². The van der Waals surface area contributed by atoms with Crippen molar-refractivity contribution >= 4 is 40.4 Å². The number of fused-ring (bicyclic) bond motifs is 1. The van der Waals surface area contributed by atoms with Crippen LogP contribution >= 0.6 is 0 Å². The first-order valence-electron chi connectivity index (χ1n) is 11.6. The summed E-state index contributed by atoms with van der Waals surface area (Å²) in [4.78, 5) is 16.5. The molecule has 0 saturated carbocycles. The molecule has 3 aromatic heterocycles. The molecule has 2 aliphatic heterocycles. The second kappa shape index (κ2) is 8.88. The van der Waals surface area contributed by atoms with Crippen molar-refractivity contribution in [3.63, 3.8) is 0 Å². The van der Waals surface area contributed by atoms with Crippen molar-refractivity contribution in [2.75, 3.05) is 36.5 Å². The van der Waals surface area contributed by atoms with E-state index in [1.165, 1.54) is 0 Å². The predicted octanol–water partition coefficient (Wildman–Crippen LogP) is 3.49. The highest BCUT2D eigenvalue weighted by atomic mass is 16.5. The fourth-order valence-corrected chi connectivity index (χ4v) is 4.34. The number of nitrogens with zero attached hydrogens (tertiary/aromatic N) is 8. The zero-order valence-electron chi connectivity index (χ0n) is 19.6. The number of aromatic nitrogens is 5. The smallest absolute Gasteiger partial charge is 0.228 e. The van der Waals surface area contributed by atoms with E-state index in [1.54, 1.807) is 0 Å². The van der Waals surface area contributed by atoms with Gasteiger partial charge in [-0.2, -0.15) is 20.3 Å². The van der Waals surface area contributed by atoms with Crippen LogP contribution in [0.15, 0.2) is 52.8 Å². The van der Waals surface area contributed by atoms with Gasteiger partial charge in [-0.15, -0.1) is 0 Å². The van der Waals surface area contributed by atoms with Gasteiger partial charge in [0.25, 0.3) is 0 Å². The van der Waals surface area contributed by atoms with E-state index in [9.17, 15) is 0 Å². The van der Waals surface area contributed by atoms with E-state index in [-0.39, 0.29) is 0 Å². The molecule has 1 aromatic carbocycles. The molecule has 6 rings (SSSR count). The Labute approximate surface area is 202 Å². The molecular formula is C25H25N9O. The number of rotatable bonds is 5. The number of ether oxygens (including phenoxy) is 1. The Bertz CT molecular complexity index is 1450. The first-order chi connectivity index (χ1) is 17.1. The molecule has 0 bridgehead atoms. The normalized spacial score (nSPS) is 15.6. The summed E-state index contributed by atoms with van der Waals surface area (Å²) in [6, 6.07) is 12.2. The molecule has 1 saturated heterocycles. The molecule has 176 valence electrons. The van der Waals surface area contributed by atoms with Crippen LogP contribution in [0.1, 0.15) is 17.7 Å². The molecule has 0 atom stereocenters. The van der Waals surface area contributed by atoms with Crippen molar-refractivity contribution in [2.45, 2.75) is 13.3 Å². The minimum Gasteiger partial charge on any atom is -0.378 e. The summed E-state index contributed by atoms with van der Waals surface area (Å²) in [5.74, 6) is 1.38. The van der Waals surface area contributed by atoms with E-state index in [2.05, 4.69) is 36.6 Å². The number of pyridine rings is 1. The zero-order chi connectivity index (χ0) is 23.8. The average Bonchev–Trinajstić information content (AvgIpc) is 3.53. The first-order valence-corrected chi connectivity index (χ1v) is 11.6. The summed E-state index contributed by atoms with van der Waals surface area (Å²) in [5, 5.41) is 16.1. The summed E-state index contributed by atoms with van der Waals surface area (Å²) >= 11 is 0. The molecule has 0 radical (unpaired) electrons. The van der Waals surface area contributed by atoms with Gasteiger partial charge in [-0.3, -0.25) is 9.67 Å². The standard InChI is InChI=1S/C25H25N9O/c1-16-24-22(33(2)32-16)13-18(15-26-24)21-14-23(30-25(29-21)34-9-11-35-12-10-34)28-19-5-3-17(4-6-19)20-7-8-27-31-20/h3-6,8,13-15H,7,9-12H2,1-2H3,(H,28,29,30). The number of nitrogens with one attached hydrogen (secondary N) is 1. The third kappa shape index (κ3) is 4.24. The number of aryl methyl sites for hydroxylation is 2. The SMILES string of the molecule is Cc1nn(C)c2cc(-c3cc(Nc4ccc(C5=NN=CC5)cc4)nc(N4CCOCC4)n3)cnc12. The fourth-order valence-electron chi connectivity index (χ4n) is 4.34. The molecule has 0 amide bonds. The molecule has 10 nitrogen and oxygen atoms in total. The highest BCUT2D eigenvalue weighted by Gasteiger charge is 2.18. The molecular weight excluding hydrogens is 442 g/mol. The quantitative estimate of drug-likeness (QED) is 0.479. The third-order valence-corrected chi connectivity index (χ3v) is 6.20. The second-order valence-electron chi connectivity index (χ2n) is 8.59. The Morgan fingerprint density at radius 1 is 1.00 bits per heavy atom. The lowest BCUT2D eigenvalue weighted by Crippen LogP contribution is -2.37. The minimum absolute atomic E-state index is 0.660. The molecule has 1 fully saturated rings. The Morgan fingerprint density at radius 2 is 1.83 bits per heavy atom. The van der Waals surface area contributed by atoms with Crippen LogP contribution in [-0.4, -0.2) is 63.0 Å². The Balaban J connectivity index is 1.36. The van der Waals surface area contributed by atoms with Crippen molar-refractivity contribution in [1.29, 1.82) is 0 Å². The van der Waals surface area contributed by atoms with Crippen molar-refractivity contribution in [1.82, 2.24) is 24.7 Å². The maximum absolute atomic E-state index is 5.53. The van der Waals surface area contributed by atoms with Crippen LogP contribution in [0.2, 0.25) is 0 Å². The number of hydrogen-bond acceptors (Lipinski definition) is 9. The van der Waals surface area contributed by atoms with Crippen LogP contribution < -0.4 is 10.2 Å². The van der Waals surface area contributed by atoms with Gasteiger partial charge in [-0.05, 0) is 30.7 Å². The van der Waals surface area contributed by atoms with Gasteiger partial charge < -0.3 is 15.0 Å². The lowest BCUT2D eigenvalue weighted by atomic mass is 10.1. The van der Waals surface area contributed by atoms with Gasteiger partial charge in [0, 0.05) is 56.3 Å². The van der Waals surface area contributed by atoms with Crippen LogP contribution in [0.4, 0.5) is 17.5 Å². The summed E-state index contributed by atoms with van der Waals surface area (Å²) in [7, 11) is 1.93. The molecule has 0 unspecified atom stereocenters.